The molecule has 0 spiro atoms. The number of aromatic nitrogens is 2. The second kappa shape index (κ2) is 8.87. The van der Waals surface area contributed by atoms with Gasteiger partial charge in [-0.1, -0.05) is 44.5 Å². The Kier molecular flexibility index (Phi) is 6.13. The number of hydrogen-bond acceptors (Lipinski definition) is 4. The number of halogens is 1. The van der Waals surface area contributed by atoms with Crippen LogP contribution in [0, 0.1) is 16.7 Å². The van der Waals surface area contributed by atoms with Gasteiger partial charge in [0.2, 0.25) is 5.91 Å². The molecule has 2 N–H and O–H groups in total. The van der Waals surface area contributed by atoms with E-state index in [1.54, 1.807) is 28.9 Å². The van der Waals surface area contributed by atoms with E-state index in [0.29, 0.717) is 22.5 Å². The Morgan fingerprint density at radius 2 is 1.91 bits per heavy atom. The Hall–Kier alpha value is -3.37. The minimum Gasteiger partial charge on any atom is -0.352 e. The molecule has 4 rings (SSSR count). The molecule has 2 amide bonds. The maximum absolute atomic E-state index is 13.3. The highest BCUT2D eigenvalue weighted by Crippen LogP contribution is 2.26. The van der Waals surface area contributed by atoms with E-state index in [1.807, 2.05) is 39.0 Å². The van der Waals surface area contributed by atoms with E-state index in [4.69, 9.17) is 16.9 Å². The minimum atomic E-state index is -0.705. The average Bonchev–Trinajstić information content (AvgIpc) is 3.51. The summed E-state index contributed by atoms with van der Waals surface area (Å²) in [5.74, 6) is -0.607. The van der Waals surface area contributed by atoms with E-state index >= 15 is 0 Å². The summed E-state index contributed by atoms with van der Waals surface area (Å²) >= 11 is 6.23. The quantitative estimate of drug-likeness (QED) is 0.576. The molecule has 0 radical (unpaired) electrons. The van der Waals surface area contributed by atoms with Gasteiger partial charge in [0, 0.05) is 16.5 Å². The number of nitriles is 1. The van der Waals surface area contributed by atoms with Crippen molar-refractivity contribution in [2.45, 2.75) is 52.2 Å². The summed E-state index contributed by atoms with van der Waals surface area (Å²) in [4.78, 5) is 26.2. The lowest BCUT2D eigenvalue weighted by atomic mass is 9.86. The lowest BCUT2D eigenvalue weighted by Crippen LogP contribution is -2.54. The second-order valence-electron chi connectivity index (χ2n) is 9.53. The smallest absolute Gasteiger partial charge is 0.273 e. The molecule has 1 heterocycles. The van der Waals surface area contributed by atoms with Crippen LogP contribution < -0.4 is 10.6 Å². The van der Waals surface area contributed by atoms with Crippen molar-refractivity contribution in [2.24, 2.45) is 5.41 Å². The standard InChI is InChI=1S/C25H26ClN5O2/c1-25(2,3)22(24(33)28-18-9-10-18)29-23(32)21-19-12-17(26)8-11-20(19)31(30-21)14-16-6-4-15(13-27)5-7-16/h4-8,11-12,18,22H,9-10,14H2,1-3H3,(H,28,33)(H,29,32). The zero-order valence-corrected chi connectivity index (χ0v) is 19.6. The van der Waals surface area contributed by atoms with Crippen molar-refractivity contribution in [3.8, 4) is 6.07 Å². The lowest BCUT2D eigenvalue weighted by Gasteiger charge is -2.30. The lowest BCUT2D eigenvalue weighted by molar-refractivity contribution is -0.125. The van der Waals surface area contributed by atoms with Gasteiger partial charge in [0.25, 0.3) is 5.91 Å². The summed E-state index contributed by atoms with van der Waals surface area (Å²) in [6.45, 7) is 6.18. The number of nitrogens with zero attached hydrogens (tertiary/aromatic N) is 3. The first kappa shape index (κ1) is 22.8. The van der Waals surface area contributed by atoms with E-state index in [9.17, 15) is 9.59 Å². The monoisotopic (exact) mass is 463 g/mol. The van der Waals surface area contributed by atoms with Crippen molar-refractivity contribution >= 4 is 34.3 Å². The van der Waals surface area contributed by atoms with Crippen LogP contribution in [0.25, 0.3) is 10.9 Å². The highest BCUT2D eigenvalue weighted by atomic mass is 35.5. The topological polar surface area (TPSA) is 99.8 Å². The van der Waals surface area contributed by atoms with Crippen molar-refractivity contribution in [1.29, 1.82) is 5.26 Å². The summed E-state index contributed by atoms with van der Waals surface area (Å²) in [5, 5.41) is 20.6. The van der Waals surface area contributed by atoms with Gasteiger partial charge in [-0.3, -0.25) is 14.3 Å². The zero-order valence-electron chi connectivity index (χ0n) is 18.9. The zero-order chi connectivity index (χ0) is 23.8. The first-order chi connectivity index (χ1) is 15.7. The van der Waals surface area contributed by atoms with Gasteiger partial charge in [0.05, 0.1) is 23.7 Å². The maximum Gasteiger partial charge on any atom is 0.273 e. The molecule has 1 fully saturated rings. The summed E-state index contributed by atoms with van der Waals surface area (Å²) in [6.07, 6.45) is 1.94. The van der Waals surface area contributed by atoms with Gasteiger partial charge in [-0.2, -0.15) is 10.4 Å². The van der Waals surface area contributed by atoms with E-state index in [2.05, 4.69) is 21.8 Å². The van der Waals surface area contributed by atoms with Crippen LogP contribution in [-0.4, -0.2) is 33.7 Å². The van der Waals surface area contributed by atoms with E-state index in [1.165, 1.54) is 0 Å². The summed E-state index contributed by atoms with van der Waals surface area (Å²) in [5.41, 5.74) is 2.01. The molecule has 0 saturated heterocycles. The van der Waals surface area contributed by atoms with Crippen LogP contribution in [0.1, 0.15) is 55.2 Å². The third-order valence-corrected chi connectivity index (χ3v) is 5.91. The Labute approximate surface area is 197 Å². The molecular formula is C25H26ClN5O2. The predicted molar refractivity (Wildman–Crippen MR) is 127 cm³/mol. The molecule has 8 heteroatoms. The predicted octanol–water partition coefficient (Wildman–Crippen LogP) is 4.03. The largest absolute Gasteiger partial charge is 0.352 e. The van der Waals surface area contributed by atoms with Gasteiger partial charge >= 0.3 is 0 Å². The summed E-state index contributed by atoms with van der Waals surface area (Å²) in [6, 6.07) is 14.1. The first-order valence-electron chi connectivity index (χ1n) is 10.9. The average molecular weight is 464 g/mol. The molecule has 170 valence electrons. The Morgan fingerprint density at radius 1 is 1.21 bits per heavy atom. The number of carbonyl (C=O) groups excluding carboxylic acids is 2. The Morgan fingerprint density at radius 3 is 2.52 bits per heavy atom. The SMILES string of the molecule is CC(C)(C)C(NC(=O)c1nn(Cc2ccc(C#N)cc2)c2ccc(Cl)cc12)C(=O)NC1CC1. The van der Waals surface area contributed by atoms with Crippen LogP contribution in [0.15, 0.2) is 42.5 Å². The van der Waals surface area contributed by atoms with E-state index in [0.717, 1.165) is 23.9 Å². The highest BCUT2D eigenvalue weighted by Gasteiger charge is 2.36. The minimum absolute atomic E-state index is 0.183. The third-order valence-electron chi connectivity index (χ3n) is 5.67. The van der Waals surface area contributed by atoms with Gasteiger partial charge < -0.3 is 10.6 Å². The van der Waals surface area contributed by atoms with Crippen LogP contribution >= 0.6 is 11.6 Å². The van der Waals surface area contributed by atoms with Gasteiger partial charge in [0.1, 0.15) is 6.04 Å². The van der Waals surface area contributed by atoms with Crippen molar-refractivity contribution in [2.75, 3.05) is 0 Å². The Balaban J connectivity index is 1.65. The van der Waals surface area contributed by atoms with Gasteiger partial charge in [0.15, 0.2) is 5.69 Å². The number of rotatable bonds is 6. The number of hydrogen-bond donors (Lipinski definition) is 2. The number of benzene rings is 2. The molecule has 1 atom stereocenters. The molecule has 0 aliphatic heterocycles. The third kappa shape index (κ3) is 5.18. The van der Waals surface area contributed by atoms with Crippen molar-refractivity contribution in [3.05, 3.63) is 64.3 Å². The van der Waals surface area contributed by atoms with Crippen molar-refractivity contribution in [1.82, 2.24) is 20.4 Å². The molecule has 1 aliphatic carbocycles. The molecule has 1 aromatic heterocycles. The second-order valence-corrected chi connectivity index (χ2v) is 9.97. The van der Waals surface area contributed by atoms with Gasteiger partial charge in [-0.25, -0.2) is 0 Å². The molecular weight excluding hydrogens is 438 g/mol. The number of amides is 2. The van der Waals surface area contributed by atoms with E-state index in [-0.39, 0.29) is 17.6 Å². The normalized spacial score (nSPS) is 14.5. The van der Waals surface area contributed by atoms with Crippen LogP contribution in [0.3, 0.4) is 0 Å². The van der Waals surface area contributed by atoms with Crippen molar-refractivity contribution < 1.29 is 9.59 Å². The fourth-order valence-electron chi connectivity index (χ4n) is 3.68. The molecule has 2 aromatic carbocycles. The molecule has 1 unspecified atom stereocenters. The molecule has 1 aliphatic rings. The van der Waals surface area contributed by atoms with E-state index < -0.39 is 17.4 Å². The maximum atomic E-state index is 13.3. The molecule has 33 heavy (non-hydrogen) atoms. The molecule has 0 bridgehead atoms. The summed E-state index contributed by atoms with van der Waals surface area (Å²) < 4.78 is 1.73. The van der Waals surface area contributed by atoms with Crippen LogP contribution in [0.5, 0.6) is 0 Å². The molecule has 1 saturated carbocycles. The van der Waals surface area contributed by atoms with Crippen LogP contribution in [0.4, 0.5) is 0 Å². The van der Waals surface area contributed by atoms with Gasteiger partial charge in [-0.05, 0) is 54.2 Å². The first-order valence-corrected chi connectivity index (χ1v) is 11.3. The molecule has 7 nitrogen and oxygen atoms in total. The Bertz CT molecular complexity index is 1250. The van der Waals surface area contributed by atoms with Crippen LogP contribution in [-0.2, 0) is 11.3 Å². The number of nitrogens with one attached hydrogen (secondary N) is 2. The number of carbonyl (C=O) groups is 2. The van der Waals surface area contributed by atoms with Crippen LogP contribution in [0.2, 0.25) is 5.02 Å². The highest BCUT2D eigenvalue weighted by molar-refractivity contribution is 6.31. The van der Waals surface area contributed by atoms with Gasteiger partial charge in [-0.15, -0.1) is 0 Å². The molecule has 3 aromatic rings. The fourth-order valence-corrected chi connectivity index (χ4v) is 3.86. The van der Waals surface area contributed by atoms with Crippen molar-refractivity contribution in [3.63, 3.8) is 0 Å². The summed E-state index contributed by atoms with van der Waals surface area (Å²) in [7, 11) is 0. The fraction of sp³-hybridized carbons (Fsp3) is 0.360. The number of fused-ring (bicyclic) bond motifs is 1.